The molecule has 1 aliphatic carbocycles. The Labute approximate surface area is 182 Å². The number of rotatable bonds is 3. The van der Waals surface area contributed by atoms with Gasteiger partial charge in [0, 0.05) is 48.2 Å². The topological polar surface area (TPSA) is 56.4 Å². The number of benzene rings is 1. The molecule has 5 nitrogen and oxygen atoms in total. The molecule has 0 spiro atoms. The molecule has 1 unspecified atom stereocenters. The number of aromatic amines is 1. The second kappa shape index (κ2) is 8.48. The van der Waals surface area contributed by atoms with E-state index in [0.29, 0.717) is 19.6 Å². The summed E-state index contributed by atoms with van der Waals surface area (Å²) in [5.74, 6) is 0.161. The normalized spacial score (nSPS) is 22.7. The van der Waals surface area contributed by atoms with Crippen molar-refractivity contribution < 1.29 is 14.0 Å². The molecule has 31 heavy (non-hydrogen) atoms. The lowest BCUT2D eigenvalue weighted by Gasteiger charge is -2.34. The average molecular weight is 424 g/mol. The molecule has 2 fully saturated rings. The Morgan fingerprint density at radius 3 is 2.61 bits per heavy atom. The molecule has 1 N–H and O–H groups in total. The molecule has 3 aliphatic rings. The number of amides is 2. The molecular weight excluding hydrogens is 393 g/mol. The summed E-state index contributed by atoms with van der Waals surface area (Å²) in [5, 5.41) is 1.01. The fourth-order valence-corrected chi connectivity index (χ4v) is 5.56. The predicted octanol–water partition coefficient (Wildman–Crippen LogP) is 4.49. The zero-order valence-corrected chi connectivity index (χ0v) is 17.9. The maximum Gasteiger partial charge on any atom is 0.245 e. The van der Waals surface area contributed by atoms with Crippen LogP contribution in [0.2, 0.25) is 0 Å². The molecule has 2 aromatic rings. The summed E-state index contributed by atoms with van der Waals surface area (Å²) in [4.78, 5) is 33.3. The number of fused-ring (bicyclic) bond motifs is 1. The summed E-state index contributed by atoms with van der Waals surface area (Å²) in [6, 6.07) is 4.51. The van der Waals surface area contributed by atoms with Gasteiger partial charge in [-0.05, 0) is 55.9 Å². The Bertz CT molecular complexity index is 1020. The molecule has 1 atom stereocenters. The molecule has 1 saturated carbocycles. The van der Waals surface area contributed by atoms with Crippen LogP contribution in [0.25, 0.3) is 16.5 Å². The van der Waals surface area contributed by atoms with Gasteiger partial charge in [-0.15, -0.1) is 0 Å². The van der Waals surface area contributed by atoms with Gasteiger partial charge in [-0.3, -0.25) is 9.59 Å². The van der Waals surface area contributed by atoms with Crippen molar-refractivity contribution >= 4 is 28.3 Å². The summed E-state index contributed by atoms with van der Waals surface area (Å²) in [7, 11) is 0. The van der Waals surface area contributed by atoms with Crippen molar-refractivity contribution in [2.75, 3.05) is 19.6 Å². The third-order valence-electron chi connectivity index (χ3n) is 7.29. The van der Waals surface area contributed by atoms with E-state index in [1.165, 1.54) is 24.1 Å². The van der Waals surface area contributed by atoms with Gasteiger partial charge in [0.05, 0.1) is 0 Å². The van der Waals surface area contributed by atoms with E-state index in [1.807, 2.05) is 22.1 Å². The fraction of sp³-hybridized carbons (Fsp3) is 0.520. The maximum absolute atomic E-state index is 13.5. The first-order valence-electron chi connectivity index (χ1n) is 11.7. The first kappa shape index (κ1) is 20.3. The zero-order valence-electron chi connectivity index (χ0n) is 17.9. The number of nitrogens with one attached hydrogen (secondary N) is 1. The Balaban J connectivity index is 1.27. The number of likely N-dealkylation sites (tertiary alicyclic amines) is 1. The van der Waals surface area contributed by atoms with Crippen LogP contribution >= 0.6 is 0 Å². The van der Waals surface area contributed by atoms with Crippen LogP contribution < -0.4 is 0 Å². The lowest BCUT2D eigenvalue weighted by Crippen LogP contribution is -2.50. The van der Waals surface area contributed by atoms with E-state index in [2.05, 4.69) is 11.1 Å². The maximum atomic E-state index is 13.5. The van der Waals surface area contributed by atoms with Crippen molar-refractivity contribution in [1.82, 2.24) is 14.8 Å². The minimum absolute atomic E-state index is 0.0953. The van der Waals surface area contributed by atoms with Crippen molar-refractivity contribution in [2.24, 2.45) is 5.92 Å². The van der Waals surface area contributed by atoms with Gasteiger partial charge >= 0.3 is 0 Å². The fourth-order valence-electron chi connectivity index (χ4n) is 5.56. The number of aromatic nitrogens is 1. The monoisotopic (exact) mass is 423 g/mol. The third kappa shape index (κ3) is 3.88. The second-order valence-electron chi connectivity index (χ2n) is 9.18. The standard InChI is InChI=1S/C25H30FN3O2/c26-19-8-9-20-21(16-27-22(20)15-19)17-10-13-28(14-11-17)25(31)23-7-4-12-29(23)24(30)18-5-2-1-3-6-18/h8-10,15-16,18,23,27H,1-7,11-14H2. The third-order valence-corrected chi connectivity index (χ3v) is 7.29. The van der Waals surface area contributed by atoms with E-state index in [1.54, 1.807) is 0 Å². The van der Waals surface area contributed by atoms with Crippen LogP contribution in [0.1, 0.15) is 56.9 Å². The molecule has 5 rings (SSSR count). The van der Waals surface area contributed by atoms with Gasteiger partial charge in [0.2, 0.25) is 11.8 Å². The number of carbonyl (C=O) groups excluding carboxylic acids is 2. The van der Waals surface area contributed by atoms with Crippen molar-refractivity contribution in [2.45, 2.75) is 57.4 Å². The summed E-state index contributed by atoms with van der Waals surface area (Å²) < 4.78 is 13.5. The second-order valence-corrected chi connectivity index (χ2v) is 9.18. The van der Waals surface area contributed by atoms with Crippen LogP contribution in [-0.4, -0.2) is 52.3 Å². The Kier molecular flexibility index (Phi) is 5.55. The van der Waals surface area contributed by atoms with Crippen molar-refractivity contribution in [1.29, 1.82) is 0 Å². The van der Waals surface area contributed by atoms with E-state index < -0.39 is 0 Å². The molecule has 3 heterocycles. The number of hydrogen-bond acceptors (Lipinski definition) is 2. The van der Waals surface area contributed by atoms with Crippen LogP contribution in [0, 0.1) is 11.7 Å². The van der Waals surface area contributed by atoms with E-state index >= 15 is 0 Å². The molecule has 0 radical (unpaired) electrons. The highest BCUT2D eigenvalue weighted by Crippen LogP contribution is 2.32. The minimum Gasteiger partial charge on any atom is -0.360 e. The lowest BCUT2D eigenvalue weighted by atomic mass is 9.88. The summed E-state index contributed by atoms with van der Waals surface area (Å²) in [6.45, 7) is 1.93. The van der Waals surface area contributed by atoms with Gasteiger partial charge in [-0.25, -0.2) is 4.39 Å². The van der Waals surface area contributed by atoms with E-state index in [9.17, 15) is 14.0 Å². The van der Waals surface area contributed by atoms with Gasteiger partial charge in [-0.2, -0.15) is 0 Å². The van der Waals surface area contributed by atoms with Crippen molar-refractivity contribution in [3.05, 3.63) is 41.9 Å². The van der Waals surface area contributed by atoms with Gasteiger partial charge in [0.25, 0.3) is 0 Å². The Morgan fingerprint density at radius 1 is 1.00 bits per heavy atom. The molecule has 2 amide bonds. The predicted molar refractivity (Wildman–Crippen MR) is 119 cm³/mol. The molecule has 0 bridgehead atoms. The average Bonchev–Trinajstić information content (AvgIpc) is 3.46. The minimum atomic E-state index is -0.291. The van der Waals surface area contributed by atoms with Gasteiger partial charge in [0.15, 0.2) is 0 Å². The molecule has 164 valence electrons. The molecule has 6 heteroatoms. The van der Waals surface area contributed by atoms with E-state index in [4.69, 9.17) is 0 Å². The highest BCUT2D eigenvalue weighted by atomic mass is 19.1. The van der Waals surface area contributed by atoms with Gasteiger partial charge < -0.3 is 14.8 Å². The number of halogens is 1. The van der Waals surface area contributed by atoms with E-state index in [-0.39, 0.29) is 29.6 Å². The van der Waals surface area contributed by atoms with Crippen molar-refractivity contribution in [3.8, 4) is 0 Å². The van der Waals surface area contributed by atoms with Crippen LogP contribution in [0.15, 0.2) is 30.5 Å². The number of carbonyl (C=O) groups is 2. The number of H-pyrrole nitrogens is 1. The first-order chi connectivity index (χ1) is 15.1. The van der Waals surface area contributed by atoms with Gasteiger partial charge in [-0.1, -0.05) is 25.3 Å². The Hall–Kier alpha value is -2.63. The number of nitrogens with zero attached hydrogens (tertiary/aromatic N) is 2. The lowest BCUT2D eigenvalue weighted by molar-refractivity contribution is -0.146. The Morgan fingerprint density at radius 2 is 1.84 bits per heavy atom. The highest BCUT2D eigenvalue weighted by Gasteiger charge is 2.39. The van der Waals surface area contributed by atoms with Crippen molar-refractivity contribution in [3.63, 3.8) is 0 Å². The molecule has 1 aromatic carbocycles. The summed E-state index contributed by atoms with van der Waals surface area (Å²) in [5.41, 5.74) is 3.05. The van der Waals surface area contributed by atoms with Crippen LogP contribution in [-0.2, 0) is 9.59 Å². The van der Waals surface area contributed by atoms with Crippen LogP contribution in [0.3, 0.4) is 0 Å². The first-order valence-corrected chi connectivity index (χ1v) is 11.7. The summed E-state index contributed by atoms with van der Waals surface area (Å²) >= 11 is 0. The zero-order chi connectivity index (χ0) is 21.4. The van der Waals surface area contributed by atoms with Gasteiger partial charge in [0.1, 0.15) is 11.9 Å². The van der Waals surface area contributed by atoms with E-state index in [0.717, 1.165) is 61.4 Å². The summed E-state index contributed by atoms with van der Waals surface area (Å²) in [6.07, 6.45) is 11.9. The van der Waals surface area contributed by atoms with Crippen LogP contribution in [0.5, 0.6) is 0 Å². The molecule has 2 aliphatic heterocycles. The smallest absolute Gasteiger partial charge is 0.245 e. The molecule has 1 aromatic heterocycles. The highest BCUT2D eigenvalue weighted by molar-refractivity contribution is 5.94. The molecular formula is C25H30FN3O2. The largest absolute Gasteiger partial charge is 0.360 e. The SMILES string of the molecule is O=C(C1CCCN1C(=O)C1CCCCC1)N1CC=C(c2c[nH]c3cc(F)ccc23)CC1. The van der Waals surface area contributed by atoms with Crippen LogP contribution in [0.4, 0.5) is 4.39 Å². The quantitative estimate of drug-likeness (QED) is 0.791. The number of hydrogen-bond donors (Lipinski definition) is 1. The molecule has 1 saturated heterocycles.